The summed E-state index contributed by atoms with van der Waals surface area (Å²) in [5.41, 5.74) is 0.711. The molecule has 1 aromatic rings. The average molecular weight is 365 g/mol. The highest BCUT2D eigenvalue weighted by molar-refractivity contribution is 6.00. The molecule has 7 nitrogen and oxygen atoms in total. The molecule has 1 atom stereocenters. The fourth-order valence-corrected chi connectivity index (χ4v) is 3.06. The van der Waals surface area contributed by atoms with Gasteiger partial charge in [0.05, 0.1) is 21.3 Å². The standard InChI is InChI=1S/C19H27NO6/c1-19(2,3)26-18(22)20-11-7-8-12-13(14(21)9-11)10-15(23-4)17(25-6)16(12)24-5/h10-11H,7-9H2,1-6H3,(H,20,22). The third-order valence-corrected chi connectivity index (χ3v) is 4.13. The van der Waals surface area contributed by atoms with E-state index in [9.17, 15) is 9.59 Å². The van der Waals surface area contributed by atoms with Gasteiger partial charge in [0.25, 0.3) is 0 Å². The van der Waals surface area contributed by atoms with Crippen LogP contribution in [-0.4, -0.2) is 44.8 Å². The normalized spacial score (nSPS) is 17.0. The lowest BCUT2D eigenvalue weighted by atomic mass is 9.99. The minimum atomic E-state index is -0.592. The second-order valence-electron chi connectivity index (χ2n) is 7.18. The van der Waals surface area contributed by atoms with Crippen molar-refractivity contribution in [3.05, 3.63) is 17.2 Å². The van der Waals surface area contributed by atoms with Crippen molar-refractivity contribution in [2.24, 2.45) is 0 Å². The molecule has 144 valence electrons. The Balaban J connectivity index is 2.28. The van der Waals surface area contributed by atoms with E-state index in [4.69, 9.17) is 18.9 Å². The van der Waals surface area contributed by atoms with Gasteiger partial charge in [-0.2, -0.15) is 0 Å². The summed E-state index contributed by atoms with van der Waals surface area (Å²) in [6.45, 7) is 5.39. The predicted octanol–water partition coefficient (Wildman–Crippen LogP) is 3.12. The van der Waals surface area contributed by atoms with Gasteiger partial charge in [0.2, 0.25) is 5.75 Å². The van der Waals surface area contributed by atoms with E-state index in [2.05, 4.69) is 5.32 Å². The summed E-state index contributed by atoms with van der Waals surface area (Å²) in [4.78, 5) is 24.8. The van der Waals surface area contributed by atoms with E-state index in [0.29, 0.717) is 35.7 Å². The Hall–Kier alpha value is -2.44. The summed E-state index contributed by atoms with van der Waals surface area (Å²) in [5.74, 6) is 1.31. The molecule has 1 N–H and O–H groups in total. The van der Waals surface area contributed by atoms with E-state index < -0.39 is 11.7 Å². The molecule has 0 bridgehead atoms. The molecule has 0 aromatic heterocycles. The Kier molecular flexibility index (Phi) is 6.00. The van der Waals surface area contributed by atoms with Crippen LogP contribution in [0.3, 0.4) is 0 Å². The SMILES string of the molecule is COc1cc2c(c(OC)c1OC)CCC(NC(=O)OC(C)(C)C)CC2=O. The van der Waals surface area contributed by atoms with Gasteiger partial charge in [-0.25, -0.2) is 4.79 Å². The average Bonchev–Trinajstić information content (AvgIpc) is 2.70. The van der Waals surface area contributed by atoms with Gasteiger partial charge < -0.3 is 24.3 Å². The lowest BCUT2D eigenvalue weighted by molar-refractivity contribution is 0.0500. The zero-order valence-corrected chi connectivity index (χ0v) is 16.2. The number of hydrogen-bond donors (Lipinski definition) is 1. The van der Waals surface area contributed by atoms with Crippen LogP contribution in [0, 0.1) is 0 Å². The second-order valence-corrected chi connectivity index (χ2v) is 7.18. The van der Waals surface area contributed by atoms with Gasteiger partial charge >= 0.3 is 6.09 Å². The van der Waals surface area contributed by atoms with Gasteiger partial charge in [0.15, 0.2) is 17.3 Å². The molecule has 7 heteroatoms. The van der Waals surface area contributed by atoms with Crippen LogP contribution in [0.15, 0.2) is 6.07 Å². The zero-order valence-electron chi connectivity index (χ0n) is 16.2. The third kappa shape index (κ3) is 4.39. The molecule has 2 rings (SSSR count). The maximum Gasteiger partial charge on any atom is 0.407 e. The van der Waals surface area contributed by atoms with Gasteiger partial charge in [-0.15, -0.1) is 0 Å². The molecular formula is C19H27NO6. The minimum Gasteiger partial charge on any atom is -0.493 e. The Morgan fingerprint density at radius 2 is 1.77 bits per heavy atom. The number of amides is 1. The lowest BCUT2D eigenvalue weighted by Gasteiger charge is -2.22. The number of alkyl carbamates (subject to hydrolysis) is 1. The zero-order chi connectivity index (χ0) is 19.5. The number of methoxy groups -OCH3 is 3. The summed E-state index contributed by atoms with van der Waals surface area (Å²) in [7, 11) is 4.57. The predicted molar refractivity (Wildman–Crippen MR) is 96.5 cm³/mol. The first-order valence-electron chi connectivity index (χ1n) is 8.54. The topological polar surface area (TPSA) is 83.1 Å². The van der Waals surface area contributed by atoms with Gasteiger partial charge in [-0.3, -0.25) is 4.79 Å². The number of hydrogen-bond acceptors (Lipinski definition) is 6. The molecule has 26 heavy (non-hydrogen) atoms. The molecule has 0 fully saturated rings. The van der Waals surface area contributed by atoms with Gasteiger partial charge in [0.1, 0.15) is 5.60 Å². The van der Waals surface area contributed by atoms with Crippen molar-refractivity contribution in [1.82, 2.24) is 5.32 Å². The van der Waals surface area contributed by atoms with E-state index in [1.165, 1.54) is 21.3 Å². The monoisotopic (exact) mass is 365 g/mol. The number of benzene rings is 1. The summed E-state index contributed by atoms with van der Waals surface area (Å²) in [5, 5.41) is 2.79. The van der Waals surface area contributed by atoms with Crippen molar-refractivity contribution in [3.63, 3.8) is 0 Å². The molecule has 0 saturated carbocycles. The van der Waals surface area contributed by atoms with Gasteiger partial charge in [-0.1, -0.05) is 0 Å². The van der Waals surface area contributed by atoms with Crippen LogP contribution in [0.2, 0.25) is 0 Å². The number of nitrogens with one attached hydrogen (secondary N) is 1. The van der Waals surface area contributed by atoms with Crippen LogP contribution in [0.4, 0.5) is 4.79 Å². The first-order chi connectivity index (χ1) is 12.2. The minimum absolute atomic E-state index is 0.0854. The fourth-order valence-electron chi connectivity index (χ4n) is 3.06. The molecule has 1 aromatic carbocycles. The number of carbonyl (C=O) groups excluding carboxylic acids is 2. The van der Waals surface area contributed by atoms with Crippen molar-refractivity contribution in [1.29, 1.82) is 0 Å². The molecule has 1 aliphatic carbocycles. The van der Waals surface area contributed by atoms with Crippen LogP contribution in [0.5, 0.6) is 17.2 Å². The number of Topliss-reactive ketones (excluding diaryl/α,β-unsaturated/α-hetero) is 1. The van der Waals surface area contributed by atoms with E-state index in [0.717, 1.165) is 5.56 Å². The van der Waals surface area contributed by atoms with E-state index in [-0.39, 0.29) is 18.2 Å². The van der Waals surface area contributed by atoms with Gasteiger partial charge in [-0.05, 0) is 39.7 Å². The maximum absolute atomic E-state index is 12.8. The Bertz CT molecular complexity index is 692. The van der Waals surface area contributed by atoms with Crippen molar-refractivity contribution in [2.45, 2.75) is 51.7 Å². The van der Waals surface area contributed by atoms with Crippen LogP contribution in [0.25, 0.3) is 0 Å². The van der Waals surface area contributed by atoms with Gasteiger partial charge in [0, 0.05) is 23.6 Å². The molecule has 1 amide bonds. The number of rotatable bonds is 4. The quantitative estimate of drug-likeness (QED) is 0.826. The highest BCUT2D eigenvalue weighted by Gasteiger charge is 2.30. The third-order valence-electron chi connectivity index (χ3n) is 4.13. The van der Waals surface area contributed by atoms with E-state index in [1.807, 2.05) is 0 Å². The summed E-state index contributed by atoms with van der Waals surface area (Å²) in [6, 6.07) is 1.36. The summed E-state index contributed by atoms with van der Waals surface area (Å²) in [6.07, 6.45) is 0.808. The van der Waals surface area contributed by atoms with Crippen molar-refractivity contribution in [3.8, 4) is 17.2 Å². The number of carbonyl (C=O) groups is 2. The highest BCUT2D eigenvalue weighted by Crippen LogP contribution is 2.43. The van der Waals surface area contributed by atoms with Crippen LogP contribution < -0.4 is 19.5 Å². The van der Waals surface area contributed by atoms with Crippen molar-refractivity contribution in [2.75, 3.05) is 21.3 Å². The number of fused-ring (bicyclic) bond motifs is 1. The molecule has 1 unspecified atom stereocenters. The van der Waals surface area contributed by atoms with E-state index in [1.54, 1.807) is 26.8 Å². The van der Waals surface area contributed by atoms with Crippen molar-refractivity contribution < 1.29 is 28.5 Å². The van der Waals surface area contributed by atoms with Crippen molar-refractivity contribution >= 4 is 11.9 Å². The fraction of sp³-hybridized carbons (Fsp3) is 0.579. The second kappa shape index (κ2) is 7.85. The molecule has 1 aliphatic rings. The Morgan fingerprint density at radius 1 is 1.12 bits per heavy atom. The molecule has 0 aliphatic heterocycles. The molecule has 0 saturated heterocycles. The maximum atomic E-state index is 12.8. The molecule has 0 radical (unpaired) electrons. The highest BCUT2D eigenvalue weighted by atomic mass is 16.6. The first-order valence-corrected chi connectivity index (χ1v) is 8.54. The summed E-state index contributed by atoms with van der Waals surface area (Å²) < 4.78 is 21.5. The smallest absolute Gasteiger partial charge is 0.407 e. The summed E-state index contributed by atoms with van der Waals surface area (Å²) >= 11 is 0. The largest absolute Gasteiger partial charge is 0.493 e. The Labute approximate surface area is 153 Å². The molecule has 0 heterocycles. The molecular weight excluding hydrogens is 338 g/mol. The van der Waals surface area contributed by atoms with Crippen LogP contribution in [-0.2, 0) is 11.2 Å². The van der Waals surface area contributed by atoms with Crippen LogP contribution in [0.1, 0.15) is 49.5 Å². The lowest BCUT2D eigenvalue weighted by Crippen LogP contribution is -2.39. The number of ether oxygens (including phenoxy) is 4. The van der Waals surface area contributed by atoms with Crippen LogP contribution >= 0.6 is 0 Å². The number of ketones is 1. The molecule has 0 spiro atoms. The van der Waals surface area contributed by atoms with E-state index >= 15 is 0 Å². The first kappa shape index (κ1) is 19.9. The Morgan fingerprint density at radius 3 is 2.31 bits per heavy atom.